The number of ether oxygens (including phenoxy) is 1. The van der Waals surface area contributed by atoms with Gasteiger partial charge >= 0.3 is 0 Å². The second-order valence-electron chi connectivity index (χ2n) is 6.53. The molecule has 26 heavy (non-hydrogen) atoms. The van der Waals surface area contributed by atoms with E-state index in [2.05, 4.69) is 21.2 Å². The first-order chi connectivity index (χ1) is 12.5. The maximum atomic E-state index is 13.1. The highest BCUT2D eigenvalue weighted by atomic mass is 79.9. The van der Waals surface area contributed by atoms with E-state index < -0.39 is 11.3 Å². The number of rotatable bonds is 6. The van der Waals surface area contributed by atoms with Gasteiger partial charge in [0.25, 0.3) is 5.91 Å². The number of halogens is 1. The molecule has 6 heteroatoms. The van der Waals surface area contributed by atoms with E-state index in [1.54, 1.807) is 24.3 Å². The Hall–Kier alpha value is -2.34. The van der Waals surface area contributed by atoms with Crippen LogP contribution in [0, 0.1) is 0 Å². The lowest BCUT2D eigenvalue weighted by Crippen LogP contribution is -2.37. The summed E-state index contributed by atoms with van der Waals surface area (Å²) in [6.07, 6.45) is 3.79. The average molecular weight is 417 g/mol. The van der Waals surface area contributed by atoms with Crippen molar-refractivity contribution in [2.75, 3.05) is 11.9 Å². The third kappa shape index (κ3) is 4.07. The van der Waals surface area contributed by atoms with Crippen LogP contribution in [0.4, 0.5) is 5.69 Å². The largest absolute Gasteiger partial charge is 0.484 e. The fourth-order valence-corrected chi connectivity index (χ4v) is 3.70. The first kappa shape index (κ1) is 18.5. The van der Waals surface area contributed by atoms with Gasteiger partial charge in [0.1, 0.15) is 5.75 Å². The van der Waals surface area contributed by atoms with E-state index in [4.69, 9.17) is 10.5 Å². The minimum absolute atomic E-state index is 0.0168. The molecule has 3 N–H and O–H groups in total. The summed E-state index contributed by atoms with van der Waals surface area (Å²) in [6.45, 7) is -0.168. The minimum atomic E-state index is -0.528. The first-order valence-corrected chi connectivity index (χ1v) is 9.38. The highest BCUT2D eigenvalue weighted by molar-refractivity contribution is 9.10. The summed E-state index contributed by atoms with van der Waals surface area (Å²) in [5, 5.41) is 3.03. The number of amides is 2. The molecule has 0 aliphatic heterocycles. The van der Waals surface area contributed by atoms with Gasteiger partial charge in [-0.3, -0.25) is 9.59 Å². The minimum Gasteiger partial charge on any atom is -0.484 e. The Morgan fingerprint density at radius 1 is 1.04 bits per heavy atom. The van der Waals surface area contributed by atoms with Crippen LogP contribution in [0.5, 0.6) is 5.75 Å². The second kappa shape index (κ2) is 7.91. The summed E-state index contributed by atoms with van der Waals surface area (Å²) in [6, 6.07) is 14.9. The number of nitrogens with one attached hydrogen (secondary N) is 1. The molecule has 0 heterocycles. The average Bonchev–Trinajstić information content (AvgIpc) is 3.13. The molecule has 0 saturated heterocycles. The van der Waals surface area contributed by atoms with Crippen molar-refractivity contribution >= 4 is 33.4 Å². The van der Waals surface area contributed by atoms with Crippen LogP contribution >= 0.6 is 15.9 Å². The summed E-state index contributed by atoms with van der Waals surface area (Å²) in [5.74, 6) is 0.0217. The standard InChI is InChI=1S/C20H21BrN2O3/c21-15-5-3-14(4-6-15)20(11-1-2-12-20)19(25)23-16-7-9-17(10-8-16)26-13-18(22)24/h3-10H,1-2,11-13H2,(H2,22,24)(H,23,25). The molecule has 1 saturated carbocycles. The van der Waals surface area contributed by atoms with Crippen LogP contribution in [0.1, 0.15) is 31.2 Å². The molecule has 2 aromatic carbocycles. The van der Waals surface area contributed by atoms with Crippen LogP contribution in [0.25, 0.3) is 0 Å². The second-order valence-corrected chi connectivity index (χ2v) is 7.45. The van der Waals surface area contributed by atoms with Crippen LogP contribution in [0.15, 0.2) is 53.0 Å². The molecule has 3 rings (SSSR count). The molecule has 5 nitrogen and oxygen atoms in total. The zero-order chi connectivity index (χ0) is 18.6. The molecule has 0 bridgehead atoms. The quantitative estimate of drug-likeness (QED) is 0.751. The fraction of sp³-hybridized carbons (Fsp3) is 0.300. The smallest absolute Gasteiger partial charge is 0.255 e. The number of nitrogens with two attached hydrogens (primary N) is 1. The molecular formula is C20H21BrN2O3. The molecule has 1 aliphatic carbocycles. The summed E-state index contributed by atoms with van der Waals surface area (Å²) in [5.41, 5.74) is 6.33. The lowest BCUT2D eigenvalue weighted by Gasteiger charge is -2.28. The van der Waals surface area contributed by atoms with Gasteiger partial charge in [-0.05, 0) is 54.8 Å². The summed E-state index contributed by atoms with van der Waals surface area (Å²) >= 11 is 3.45. The molecule has 0 spiro atoms. The number of hydrogen-bond donors (Lipinski definition) is 2. The fourth-order valence-electron chi connectivity index (χ4n) is 3.43. The van der Waals surface area contributed by atoms with E-state index >= 15 is 0 Å². The molecule has 136 valence electrons. The van der Waals surface area contributed by atoms with Gasteiger partial charge < -0.3 is 15.8 Å². The highest BCUT2D eigenvalue weighted by Gasteiger charge is 2.42. The van der Waals surface area contributed by atoms with Crippen LogP contribution < -0.4 is 15.8 Å². The highest BCUT2D eigenvalue weighted by Crippen LogP contribution is 2.42. The molecule has 0 atom stereocenters. The molecule has 0 radical (unpaired) electrons. The van der Waals surface area contributed by atoms with Gasteiger partial charge in [-0.2, -0.15) is 0 Å². The van der Waals surface area contributed by atoms with Crippen molar-refractivity contribution in [3.8, 4) is 5.75 Å². The predicted molar refractivity (Wildman–Crippen MR) is 104 cm³/mol. The van der Waals surface area contributed by atoms with Crippen molar-refractivity contribution < 1.29 is 14.3 Å². The molecule has 0 aromatic heterocycles. The van der Waals surface area contributed by atoms with Crippen molar-refractivity contribution in [3.63, 3.8) is 0 Å². The van der Waals surface area contributed by atoms with E-state index in [0.717, 1.165) is 35.7 Å². The Kier molecular flexibility index (Phi) is 5.61. The first-order valence-electron chi connectivity index (χ1n) is 8.58. The lowest BCUT2D eigenvalue weighted by molar-refractivity contribution is -0.121. The van der Waals surface area contributed by atoms with Gasteiger partial charge in [-0.15, -0.1) is 0 Å². The van der Waals surface area contributed by atoms with E-state index in [9.17, 15) is 9.59 Å². The zero-order valence-corrected chi connectivity index (χ0v) is 15.9. The number of primary amides is 1. The number of hydrogen-bond acceptors (Lipinski definition) is 3. The van der Waals surface area contributed by atoms with Gasteiger partial charge in [-0.25, -0.2) is 0 Å². The van der Waals surface area contributed by atoms with E-state index in [1.165, 1.54) is 0 Å². The van der Waals surface area contributed by atoms with Crippen LogP contribution in [-0.4, -0.2) is 18.4 Å². The number of anilines is 1. The van der Waals surface area contributed by atoms with Crippen molar-refractivity contribution in [3.05, 3.63) is 58.6 Å². The number of benzene rings is 2. The number of carbonyl (C=O) groups excluding carboxylic acids is 2. The maximum Gasteiger partial charge on any atom is 0.255 e. The monoisotopic (exact) mass is 416 g/mol. The van der Waals surface area contributed by atoms with Crippen molar-refractivity contribution in [2.45, 2.75) is 31.1 Å². The van der Waals surface area contributed by atoms with Crippen LogP contribution in [0.2, 0.25) is 0 Å². The summed E-state index contributed by atoms with van der Waals surface area (Å²) in [7, 11) is 0. The third-order valence-electron chi connectivity index (χ3n) is 4.78. The van der Waals surface area contributed by atoms with Crippen molar-refractivity contribution in [1.29, 1.82) is 0 Å². The van der Waals surface area contributed by atoms with Crippen LogP contribution in [0.3, 0.4) is 0 Å². The summed E-state index contributed by atoms with van der Waals surface area (Å²) in [4.78, 5) is 23.9. The van der Waals surface area contributed by atoms with Gasteiger partial charge in [0.15, 0.2) is 6.61 Å². The molecule has 1 aliphatic rings. The maximum absolute atomic E-state index is 13.1. The third-order valence-corrected chi connectivity index (χ3v) is 5.31. The molecule has 0 unspecified atom stereocenters. The Morgan fingerprint density at radius 3 is 2.23 bits per heavy atom. The predicted octanol–water partition coefficient (Wildman–Crippen LogP) is 3.76. The SMILES string of the molecule is NC(=O)COc1ccc(NC(=O)C2(c3ccc(Br)cc3)CCCC2)cc1. The van der Waals surface area contributed by atoms with Crippen molar-refractivity contribution in [2.24, 2.45) is 5.73 Å². The van der Waals surface area contributed by atoms with Gasteiger partial charge in [-0.1, -0.05) is 40.9 Å². The molecule has 1 fully saturated rings. The Labute approximate surface area is 161 Å². The zero-order valence-electron chi connectivity index (χ0n) is 14.3. The van der Waals surface area contributed by atoms with Gasteiger partial charge in [0, 0.05) is 10.2 Å². The molecule has 2 aromatic rings. The Morgan fingerprint density at radius 2 is 1.65 bits per heavy atom. The van der Waals surface area contributed by atoms with Gasteiger partial charge in [0.05, 0.1) is 5.41 Å². The van der Waals surface area contributed by atoms with E-state index in [-0.39, 0.29) is 12.5 Å². The van der Waals surface area contributed by atoms with Gasteiger partial charge in [0.2, 0.25) is 5.91 Å². The van der Waals surface area contributed by atoms with Crippen molar-refractivity contribution in [1.82, 2.24) is 0 Å². The number of carbonyl (C=O) groups is 2. The Balaban J connectivity index is 1.74. The van der Waals surface area contributed by atoms with E-state index in [1.807, 2.05) is 24.3 Å². The normalized spacial score (nSPS) is 15.4. The summed E-state index contributed by atoms with van der Waals surface area (Å²) < 4.78 is 6.24. The molecular weight excluding hydrogens is 396 g/mol. The lowest BCUT2D eigenvalue weighted by atomic mass is 9.78. The Bertz CT molecular complexity index is 782. The van der Waals surface area contributed by atoms with Crippen LogP contribution in [-0.2, 0) is 15.0 Å². The van der Waals surface area contributed by atoms with E-state index in [0.29, 0.717) is 11.4 Å². The molecule has 2 amide bonds. The topological polar surface area (TPSA) is 81.4 Å².